The minimum absolute atomic E-state index is 0. The quantitative estimate of drug-likeness (QED) is 0.454. The van der Waals surface area contributed by atoms with E-state index in [1.807, 2.05) is 75.0 Å². The molecule has 4 rings (SSSR count). The zero-order valence-electron chi connectivity index (χ0n) is 19.0. The molecule has 32 heavy (non-hydrogen) atoms. The maximum absolute atomic E-state index is 12.6. The summed E-state index contributed by atoms with van der Waals surface area (Å²) >= 11 is 0. The number of allylic oxidation sites excluding steroid dienone is 1. The molecule has 3 aromatic rings. The molecule has 1 aliphatic rings. The molecule has 172 valence electrons. The van der Waals surface area contributed by atoms with E-state index in [4.69, 9.17) is 4.74 Å². The minimum atomic E-state index is -0.369. The van der Waals surface area contributed by atoms with Crippen molar-refractivity contribution in [1.82, 2.24) is 14.5 Å². The fourth-order valence-corrected chi connectivity index (χ4v) is 3.22. The summed E-state index contributed by atoms with van der Waals surface area (Å²) in [5, 5.41) is 0.888. The van der Waals surface area contributed by atoms with Gasteiger partial charge in [-0.3, -0.25) is 4.79 Å². The summed E-state index contributed by atoms with van der Waals surface area (Å²) in [5.41, 5.74) is 2.70. The lowest BCUT2D eigenvalue weighted by Gasteiger charge is -2.21. The summed E-state index contributed by atoms with van der Waals surface area (Å²) in [6, 6.07) is 10.9. The maximum atomic E-state index is 12.6. The molecule has 1 aliphatic heterocycles. The van der Waals surface area contributed by atoms with Crippen molar-refractivity contribution in [3.8, 4) is 5.69 Å². The Morgan fingerprint density at radius 2 is 1.69 bits per heavy atom. The molecule has 0 atom stereocenters. The van der Waals surface area contributed by atoms with Crippen LogP contribution >= 0.6 is 0 Å². The van der Waals surface area contributed by atoms with Crippen LogP contribution in [0.5, 0.6) is 0 Å². The highest BCUT2D eigenvalue weighted by Crippen LogP contribution is 2.21. The Morgan fingerprint density at radius 3 is 2.28 bits per heavy atom. The fraction of sp³-hybridized carbons (Fsp3) is 0.346. The molecule has 0 fully saturated rings. The Kier molecular flexibility index (Phi) is 10.9. The number of nitrogens with zero attached hydrogens (tertiary/aromatic N) is 3. The van der Waals surface area contributed by atoms with Crippen LogP contribution in [-0.2, 0) is 4.74 Å². The van der Waals surface area contributed by atoms with Gasteiger partial charge >= 0.3 is 5.97 Å². The van der Waals surface area contributed by atoms with Crippen LogP contribution in [0.2, 0.25) is 0 Å². The number of fused-ring (bicyclic) bond motifs is 1. The van der Waals surface area contributed by atoms with Crippen molar-refractivity contribution in [1.29, 1.82) is 0 Å². The summed E-state index contributed by atoms with van der Waals surface area (Å²) in [5.74, 6) is -0.400. The first-order valence-corrected chi connectivity index (χ1v) is 10.8. The second-order valence-electron chi connectivity index (χ2n) is 6.39. The lowest BCUT2D eigenvalue weighted by atomic mass is 10.1. The van der Waals surface area contributed by atoms with Crippen molar-refractivity contribution in [3.63, 3.8) is 0 Å². The normalized spacial score (nSPS) is 12.0. The molecule has 0 N–H and O–H groups in total. The highest BCUT2D eigenvalue weighted by molar-refractivity contribution is 5.97. The van der Waals surface area contributed by atoms with E-state index in [9.17, 15) is 9.59 Å². The lowest BCUT2D eigenvalue weighted by Crippen LogP contribution is -2.28. The van der Waals surface area contributed by atoms with E-state index in [1.54, 1.807) is 23.2 Å². The van der Waals surface area contributed by atoms with E-state index >= 15 is 0 Å². The van der Waals surface area contributed by atoms with Gasteiger partial charge in [-0.2, -0.15) is 0 Å². The largest absolute Gasteiger partial charge is 0.465 e. The number of carbonyl (C=O) groups excluding carboxylic acids is 2. The number of ether oxygens (including phenoxy) is 1. The third-order valence-corrected chi connectivity index (χ3v) is 4.66. The number of pyridine rings is 1. The van der Waals surface area contributed by atoms with Crippen molar-refractivity contribution < 1.29 is 14.3 Å². The summed E-state index contributed by atoms with van der Waals surface area (Å²) in [6.45, 7) is 8.74. The van der Waals surface area contributed by atoms with Crippen molar-refractivity contribution in [2.24, 2.45) is 0 Å². The van der Waals surface area contributed by atoms with Crippen molar-refractivity contribution >= 4 is 22.9 Å². The number of hydrogen-bond acceptors (Lipinski definition) is 4. The maximum Gasteiger partial charge on any atom is 0.337 e. The van der Waals surface area contributed by atoms with Crippen LogP contribution in [-0.4, -0.2) is 40.0 Å². The summed E-state index contributed by atoms with van der Waals surface area (Å²) in [7, 11) is 1.36. The standard InChI is InChI=1S/C21H19N3O3.2C2H6.CH4/c1-27-21(26)15-5-7-18(8-6-15)24-12-9-16-13-17(14-22-19(16)24)20(25)23-10-3-2-4-11-23;2*1-2;/h3,5-10,12-14H,2,4,11H2,1H3;2*1-2H3;1H4. The van der Waals surface area contributed by atoms with E-state index in [0.717, 1.165) is 36.1 Å². The molecule has 3 heterocycles. The number of benzene rings is 1. The first kappa shape index (κ1) is 26.6. The predicted molar refractivity (Wildman–Crippen MR) is 131 cm³/mol. The Bertz CT molecular complexity index is 1040. The summed E-state index contributed by atoms with van der Waals surface area (Å²) < 4.78 is 6.65. The van der Waals surface area contributed by atoms with Crippen LogP contribution in [0.4, 0.5) is 0 Å². The second kappa shape index (κ2) is 13.1. The monoisotopic (exact) mass is 437 g/mol. The van der Waals surface area contributed by atoms with E-state index < -0.39 is 0 Å². The van der Waals surface area contributed by atoms with Gasteiger partial charge in [0.2, 0.25) is 0 Å². The molecule has 0 bridgehead atoms. The smallest absolute Gasteiger partial charge is 0.337 e. The average molecular weight is 438 g/mol. The Morgan fingerprint density at radius 1 is 1.00 bits per heavy atom. The Balaban J connectivity index is 0.000000971. The topological polar surface area (TPSA) is 64.4 Å². The molecule has 0 unspecified atom stereocenters. The SMILES string of the molecule is C.CC.CC.COC(=O)c1ccc(-n2ccc3cc(C(=O)N4C=CCCC4)cnc32)cc1. The first-order valence-electron chi connectivity index (χ1n) is 10.8. The van der Waals surface area contributed by atoms with E-state index in [-0.39, 0.29) is 19.3 Å². The predicted octanol–water partition coefficient (Wildman–Crippen LogP) is 6.25. The molecule has 1 aromatic carbocycles. The van der Waals surface area contributed by atoms with Crippen molar-refractivity contribution in [2.45, 2.75) is 48.0 Å². The molecule has 0 aliphatic carbocycles. The number of amides is 1. The van der Waals surface area contributed by atoms with Crippen LogP contribution in [0.25, 0.3) is 16.7 Å². The minimum Gasteiger partial charge on any atom is -0.465 e. The molecule has 0 radical (unpaired) electrons. The van der Waals surface area contributed by atoms with E-state index in [1.165, 1.54) is 7.11 Å². The molecular formula is C26H35N3O3. The third kappa shape index (κ3) is 5.84. The number of hydrogen-bond donors (Lipinski definition) is 0. The van der Waals surface area contributed by atoms with Gasteiger partial charge in [-0.1, -0.05) is 41.2 Å². The number of methoxy groups -OCH3 is 1. The zero-order chi connectivity index (χ0) is 22.8. The third-order valence-electron chi connectivity index (χ3n) is 4.66. The van der Waals surface area contributed by atoms with Crippen LogP contribution < -0.4 is 0 Å². The van der Waals surface area contributed by atoms with Gasteiger partial charge in [0.05, 0.1) is 18.2 Å². The molecule has 0 saturated carbocycles. The summed E-state index contributed by atoms with van der Waals surface area (Å²) in [6.07, 6.45) is 9.38. The Hall–Kier alpha value is -3.41. The number of aromatic nitrogens is 2. The van der Waals surface area contributed by atoms with E-state index in [2.05, 4.69) is 4.98 Å². The van der Waals surface area contributed by atoms with Crippen molar-refractivity contribution in [3.05, 3.63) is 72.2 Å². The number of carbonyl (C=O) groups is 2. The average Bonchev–Trinajstić information content (AvgIpc) is 3.29. The molecule has 6 heteroatoms. The van der Waals surface area contributed by atoms with Crippen LogP contribution in [0.1, 0.15) is 68.7 Å². The van der Waals surface area contributed by atoms with E-state index in [0.29, 0.717) is 11.1 Å². The molecule has 0 spiro atoms. The van der Waals surface area contributed by atoms with Crippen LogP contribution in [0, 0.1) is 0 Å². The molecular weight excluding hydrogens is 402 g/mol. The first-order chi connectivity index (χ1) is 15.2. The fourth-order valence-electron chi connectivity index (χ4n) is 3.22. The number of rotatable bonds is 3. The molecule has 2 aromatic heterocycles. The second-order valence-corrected chi connectivity index (χ2v) is 6.39. The van der Waals surface area contributed by atoms with Gasteiger partial charge in [-0.15, -0.1) is 0 Å². The van der Waals surface area contributed by atoms with Gasteiger partial charge in [-0.05, 0) is 49.2 Å². The van der Waals surface area contributed by atoms with Gasteiger partial charge in [0.1, 0.15) is 5.65 Å². The van der Waals surface area contributed by atoms with Gasteiger partial charge < -0.3 is 14.2 Å². The Labute approximate surface area is 191 Å². The van der Waals surface area contributed by atoms with Gasteiger partial charge in [0.15, 0.2) is 0 Å². The zero-order valence-corrected chi connectivity index (χ0v) is 19.0. The highest BCUT2D eigenvalue weighted by Gasteiger charge is 2.17. The molecule has 0 saturated heterocycles. The van der Waals surface area contributed by atoms with Gasteiger partial charge in [-0.25, -0.2) is 9.78 Å². The molecule has 6 nitrogen and oxygen atoms in total. The highest BCUT2D eigenvalue weighted by atomic mass is 16.5. The van der Waals surface area contributed by atoms with Crippen LogP contribution in [0.3, 0.4) is 0 Å². The van der Waals surface area contributed by atoms with Gasteiger partial charge in [0.25, 0.3) is 5.91 Å². The lowest BCUT2D eigenvalue weighted by molar-refractivity contribution is 0.0600. The van der Waals surface area contributed by atoms with Crippen molar-refractivity contribution in [2.75, 3.05) is 13.7 Å². The van der Waals surface area contributed by atoms with Crippen LogP contribution in [0.15, 0.2) is 61.1 Å². The molecule has 1 amide bonds. The van der Waals surface area contributed by atoms with Gasteiger partial charge in [0, 0.05) is 36.2 Å². The summed E-state index contributed by atoms with van der Waals surface area (Å²) in [4.78, 5) is 30.4. The number of esters is 1.